The predicted molar refractivity (Wildman–Crippen MR) is 170 cm³/mol. The molecule has 3 aliphatic rings. The zero-order chi connectivity index (χ0) is 28.1. The SMILES string of the molecule is CC1(C)O[C@@H](Cn2c(=S)n(C3CCCCC3)c3ccccc32)[C@H](Cn2c(=S)n(C3CCCCC3)c3ccccc32)O1. The van der Waals surface area contributed by atoms with Crippen molar-refractivity contribution in [1.82, 2.24) is 18.3 Å². The first-order chi connectivity index (χ1) is 19.9. The third kappa shape index (κ3) is 5.05. The Morgan fingerprint density at radius 3 is 1.37 bits per heavy atom. The van der Waals surface area contributed by atoms with Gasteiger partial charge in [0.05, 0.1) is 35.2 Å². The molecule has 41 heavy (non-hydrogen) atoms. The van der Waals surface area contributed by atoms with Crippen molar-refractivity contribution in [2.45, 2.75) is 121 Å². The lowest BCUT2D eigenvalue weighted by atomic mass is 9.95. The maximum absolute atomic E-state index is 6.62. The van der Waals surface area contributed by atoms with Gasteiger partial charge in [0.15, 0.2) is 15.3 Å². The van der Waals surface area contributed by atoms with Crippen molar-refractivity contribution in [1.29, 1.82) is 0 Å². The molecular formula is C33H42N4O2S2. The van der Waals surface area contributed by atoms with Gasteiger partial charge in [0.1, 0.15) is 12.2 Å². The summed E-state index contributed by atoms with van der Waals surface area (Å²) < 4.78 is 24.5. The van der Waals surface area contributed by atoms with Gasteiger partial charge in [-0.05, 0) is 88.2 Å². The summed E-state index contributed by atoms with van der Waals surface area (Å²) in [6.07, 6.45) is 12.2. The van der Waals surface area contributed by atoms with Gasteiger partial charge >= 0.3 is 0 Å². The van der Waals surface area contributed by atoms with Crippen LogP contribution in [0.3, 0.4) is 0 Å². The van der Waals surface area contributed by atoms with E-state index in [2.05, 4.69) is 66.8 Å². The summed E-state index contributed by atoms with van der Waals surface area (Å²) >= 11 is 12.4. The fourth-order valence-electron chi connectivity index (χ4n) is 7.78. The van der Waals surface area contributed by atoms with Gasteiger partial charge in [-0.2, -0.15) is 0 Å². The van der Waals surface area contributed by atoms with E-state index in [4.69, 9.17) is 33.9 Å². The molecule has 0 bridgehead atoms. The second kappa shape index (κ2) is 11.1. The van der Waals surface area contributed by atoms with E-state index >= 15 is 0 Å². The molecule has 2 aromatic carbocycles. The molecule has 0 radical (unpaired) electrons. The van der Waals surface area contributed by atoms with E-state index in [0.717, 1.165) is 9.54 Å². The molecule has 1 aliphatic heterocycles. The average Bonchev–Trinajstić information content (AvgIpc) is 3.55. The lowest BCUT2D eigenvalue weighted by Gasteiger charge is -2.24. The number of nitrogens with zero attached hydrogens (tertiary/aromatic N) is 4. The highest BCUT2D eigenvalue weighted by molar-refractivity contribution is 7.71. The maximum atomic E-state index is 6.62. The Kier molecular flexibility index (Phi) is 7.46. The third-order valence-corrected chi connectivity index (χ3v) is 10.5. The van der Waals surface area contributed by atoms with Crippen molar-refractivity contribution in [3.63, 3.8) is 0 Å². The average molecular weight is 591 g/mol. The smallest absolute Gasteiger partial charge is 0.181 e. The van der Waals surface area contributed by atoms with E-state index in [1.807, 2.05) is 13.8 Å². The number of rotatable bonds is 6. The molecule has 0 unspecified atom stereocenters. The van der Waals surface area contributed by atoms with E-state index < -0.39 is 5.79 Å². The van der Waals surface area contributed by atoms with Crippen molar-refractivity contribution in [3.8, 4) is 0 Å². The van der Waals surface area contributed by atoms with Crippen LogP contribution in [0.2, 0.25) is 0 Å². The lowest BCUT2D eigenvalue weighted by molar-refractivity contribution is -0.148. The summed E-state index contributed by atoms with van der Waals surface area (Å²) in [5.41, 5.74) is 4.83. The number of ether oxygens (including phenoxy) is 2. The summed E-state index contributed by atoms with van der Waals surface area (Å²) in [5, 5.41) is 0. The summed E-state index contributed by atoms with van der Waals surface area (Å²) in [6.45, 7) is 5.35. The van der Waals surface area contributed by atoms with Crippen LogP contribution in [0.15, 0.2) is 48.5 Å². The number of hydrogen-bond acceptors (Lipinski definition) is 4. The number of aromatic nitrogens is 4. The van der Waals surface area contributed by atoms with Crippen LogP contribution in [0.25, 0.3) is 22.1 Å². The highest BCUT2D eigenvalue weighted by Crippen LogP contribution is 2.37. The topological polar surface area (TPSA) is 38.2 Å². The Morgan fingerprint density at radius 2 is 0.976 bits per heavy atom. The first-order valence-electron chi connectivity index (χ1n) is 15.7. The maximum Gasteiger partial charge on any atom is 0.181 e. The van der Waals surface area contributed by atoms with Gasteiger partial charge in [-0.1, -0.05) is 62.8 Å². The van der Waals surface area contributed by atoms with Gasteiger partial charge in [-0.3, -0.25) is 0 Å². The van der Waals surface area contributed by atoms with E-state index in [-0.39, 0.29) is 12.2 Å². The summed E-state index contributed by atoms with van der Waals surface area (Å²) in [5.74, 6) is -0.677. The van der Waals surface area contributed by atoms with Crippen molar-refractivity contribution in [2.24, 2.45) is 0 Å². The van der Waals surface area contributed by atoms with Gasteiger partial charge in [-0.15, -0.1) is 0 Å². The molecule has 2 saturated carbocycles. The second-order valence-corrected chi connectivity index (χ2v) is 13.5. The molecule has 0 amide bonds. The molecule has 3 heterocycles. The van der Waals surface area contributed by atoms with Crippen molar-refractivity contribution < 1.29 is 9.47 Å². The van der Waals surface area contributed by atoms with Gasteiger partial charge in [-0.25, -0.2) is 0 Å². The number of imidazole rings is 2. The number of benzene rings is 2. The molecule has 0 N–H and O–H groups in total. The molecule has 2 aromatic heterocycles. The standard InChI is InChI=1S/C33H42N4O2S2/c1-33(2)38-29(21-34-25-17-9-11-19-27(25)36(31(34)40)23-13-5-3-6-14-23)30(39-33)22-35-26-18-10-12-20-28(26)37(32(35)41)24-15-7-4-8-16-24/h9-12,17-20,23-24,29-30H,3-8,13-16,21-22H2,1-2H3/t29-,30-/m0/s1. The number of para-hydroxylation sites is 4. The van der Waals surface area contributed by atoms with Gasteiger partial charge in [0.2, 0.25) is 0 Å². The highest BCUT2D eigenvalue weighted by Gasteiger charge is 2.42. The van der Waals surface area contributed by atoms with Gasteiger partial charge in [0.25, 0.3) is 0 Å². The molecular weight excluding hydrogens is 549 g/mol. The van der Waals surface area contributed by atoms with Crippen LogP contribution in [0.4, 0.5) is 0 Å². The Hall–Kier alpha value is -2.26. The zero-order valence-corrected chi connectivity index (χ0v) is 26.0. The number of hydrogen-bond donors (Lipinski definition) is 0. The van der Waals surface area contributed by atoms with Crippen LogP contribution in [-0.2, 0) is 22.6 Å². The van der Waals surface area contributed by atoms with Crippen molar-refractivity contribution >= 4 is 46.5 Å². The molecule has 218 valence electrons. The van der Waals surface area contributed by atoms with Gasteiger partial charge in [0, 0.05) is 12.1 Å². The first-order valence-corrected chi connectivity index (χ1v) is 16.5. The van der Waals surface area contributed by atoms with Crippen molar-refractivity contribution in [2.75, 3.05) is 0 Å². The van der Waals surface area contributed by atoms with Gasteiger partial charge < -0.3 is 27.7 Å². The molecule has 8 heteroatoms. The van der Waals surface area contributed by atoms with Crippen LogP contribution in [-0.4, -0.2) is 36.3 Å². The minimum Gasteiger partial charge on any atom is -0.343 e. The third-order valence-electron chi connectivity index (χ3n) is 9.63. The lowest BCUT2D eigenvalue weighted by Crippen LogP contribution is -2.32. The van der Waals surface area contributed by atoms with Crippen molar-refractivity contribution in [3.05, 3.63) is 58.1 Å². The van der Waals surface area contributed by atoms with E-state index in [1.54, 1.807) is 0 Å². The molecule has 4 aromatic rings. The predicted octanol–water partition coefficient (Wildman–Crippen LogP) is 8.89. The van der Waals surface area contributed by atoms with Crippen LogP contribution in [0.1, 0.15) is 90.1 Å². The fourth-order valence-corrected chi connectivity index (χ4v) is 8.62. The number of fused-ring (bicyclic) bond motifs is 2. The summed E-state index contributed by atoms with van der Waals surface area (Å²) in [7, 11) is 0. The monoisotopic (exact) mass is 590 g/mol. The summed E-state index contributed by atoms with van der Waals surface area (Å²) in [4.78, 5) is 0. The molecule has 6 nitrogen and oxygen atoms in total. The van der Waals surface area contributed by atoms with Crippen LogP contribution >= 0.6 is 24.4 Å². The van der Waals surface area contributed by atoms with E-state index in [0.29, 0.717) is 25.2 Å². The molecule has 2 aliphatic carbocycles. The Labute approximate surface area is 252 Å². The minimum atomic E-state index is -0.677. The summed E-state index contributed by atoms with van der Waals surface area (Å²) in [6, 6.07) is 18.3. The molecule has 3 fully saturated rings. The zero-order valence-electron chi connectivity index (χ0n) is 24.3. The Morgan fingerprint density at radius 1 is 0.610 bits per heavy atom. The van der Waals surface area contributed by atoms with E-state index in [1.165, 1.54) is 86.3 Å². The largest absolute Gasteiger partial charge is 0.343 e. The van der Waals surface area contributed by atoms with Crippen LogP contribution in [0.5, 0.6) is 0 Å². The minimum absolute atomic E-state index is 0.152. The fraction of sp³-hybridized carbons (Fsp3) is 0.576. The van der Waals surface area contributed by atoms with Crippen LogP contribution < -0.4 is 0 Å². The molecule has 0 spiro atoms. The van der Waals surface area contributed by atoms with Crippen LogP contribution in [0, 0.1) is 9.54 Å². The molecule has 1 saturated heterocycles. The Balaban J connectivity index is 1.25. The first kappa shape index (κ1) is 27.6. The Bertz CT molecular complexity index is 1540. The quantitative estimate of drug-likeness (QED) is 0.210. The normalized spacial score (nSPS) is 24.0. The highest BCUT2D eigenvalue weighted by atomic mass is 32.1. The molecule has 2 atom stereocenters. The second-order valence-electron chi connectivity index (χ2n) is 12.8. The van der Waals surface area contributed by atoms with E-state index in [9.17, 15) is 0 Å². The molecule has 7 rings (SSSR count).